The zero-order valence-electron chi connectivity index (χ0n) is 8.96. The van der Waals surface area contributed by atoms with Crippen LogP contribution in [0, 0.1) is 0 Å². The molecule has 0 amide bonds. The van der Waals surface area contributed by atoms with Crippen LogP contribution in [0.4, 0.5) is 0 Å². The highest BCUT2D eigenvalue weighted by Gasteiger charge is 2.36. The molecule has 0 aromatic carbocycles. The van der Waals surface area contributed by atoms with Crippen LogP contribution in [-0.2, 0) is 18.3 Å². The van der Waals surface area contributed by atoms with Gasteiger partial charge in [-0.15, -0.1) is 0 Å². The molecule has 0 aliphatic rings. The Morgan fingerprint density at radius 3 is 1.46 bits per heavy atom. The van der Waals surface area contributed by atoms with Gasteiger partial charge in [0, 0.05) is 27.4 Å². The molecule has 0 aliphatic carbocycles. The van der Waals surface area contributed by atoms with E-state index in [2.05, 4.69) is 0 Å². The lowest BCUT2D eigenvalue weighted by atomic mass is 10.9. The molecule has 0 spiro atoms. The van der Waals surface area contributed by atoms with Crippen molar-refractivity contribution >= 4 is 8.56 Å². The third kappa shape index (κ3) is 4.73. The van der Waals surface area contributed by atoms with Crippen LogP contribution in [0.3, 0.4) is 0 Å². The minimum atomic E-state index is -2.23. The second kappa shape index (κ2) is 7.46. The first-order chi connectivity index (χ1) is 6.24. The highest BCUT2D eigenvalue weighted by atomic mass is 28.4. The van der Waals surface area contributed by atoms with Crippen LogP contribution in [-0.4, -0.2) is 48.5 Å². The maximum absolute atomic E-state index is 5.36. The lowest BCUT2D eigenvalue weighted by Crippen LogP contribution is -2.50. The van der Waals surface area contributed by atoms with Crippen molar-refractivity contribution in [3.63, 3.8) is 0 Å². The highest BCUT2D eigenvalue weighted by molar-refractivity contribution is 6.67. The lowest BCUT2D eigenvalue weighted by molar-refractivity contribution is 0.0939. The third-order valence-electron chi connectivity index (χ3n) is 1.80. The van der Waals surface area contributed by atoms with E-state index in [1.54, 1.807) is 14.2 Å². The summed E-state index contributed by atoms with van der Waals surface area (Å²) in [6.45, 7) is 5.25. The first kappa shape index (κ1) is 13.1. The zero-order valence-corrected chi connectivity index (χ0v) is 9.96. The molecule has 5 heteroatoms. The Kier molecular flexibility index (Phi) is 7.49. The van der Waals surface area contributed by atoms with Crippen LogP contribution in [0.2, 0.25) is 0 Å². The van der Waals surface area contributed by atoms with Crippen molar-refractivity contribution < 1.29 is 18.3 Å². The molecule has 0 saturated heterocycles. The van der Waals surface area contributed by atoms with E-state index in [0.717, 1.165) is 0 Å². The molecule has 0 heterocycles. The molecule has 0 radical (unpaired) electrons. The van der Waals surface area contributed by atoms with Crippen molar-refractivity contribution in [3.05, 3.63) is 0 Å². The smallest absolute Gasteiger partial charge is 0.390 e. The van der Waals surface area contributed by atoms with Gasteiger partial charge in [0.25, 0.3) is 0 Å². The van der Waals surface area contributed by atoms with E-state index >= 15 is 0 Å². The van der Waals surface area contributed by atoms with Crippen molar-refractivity contribution in [2.75, 3.05) is 39.9 Å². The van der Waals surface area contributed by atoms with Gasteiger partial charge in [-0.05, 0) is 13.8 Å². The van der Waals surface area contributed by atoms with Crippen molar-refractivity contribution in [3.8, 4) is 0 Å². The maximum Gasteiger partial charge on any atom is 0.390 e. The molecule has 0 aliphatic heterocycles. The minimum Gasteiger partial charge on any atom is -0.395 e. The average Bonchev–Trinajstić information content (AvgIpc) is 2.20. The maximum atomic E-state index is 5.36. The summed E-state index contributed by atoms with van der Waals surface area (Å²) in [5, 5.41) is 0. The van der Waals surface area contributed by atoms with Gasteiger partial charge in [-0.2, -0.15) is 0 Å². The van der Waals surface area contributed by atoms with E-state index < -0.39 is 8.56 Å². The molecule has 0 N–H and O–H groups in total. The number of hydrogen-bond acceptors (Lipinski definition) is 4. The fourth-order valence-corrected chi connectivity index (χ4v) is 2.63. The summed E-state index contributed by atoms with van der Waals surface area (Å²) in [5.74, 6) is 0. The van der Waals surface area contributed by atoms with Gasteiger partial charge in [-0.3, -0.25) is 0 Å². The number of ether oxygens (including phenoxy) is 2. The van der Waals surface area contributed by atoms with Crippen molar-refractivity contribution in [1.29, 1.82) is 0 Å². The number of rotatable bonds is 8. The Bertz CT molecular complexity index is 107. The summed E-state index contributed by atoms with van der Waals surface area (Å²) in [6, 6.07) is 0. The average molecular weight is 208 g/mol. The van der Waals surface area contributed by atoms with Crippen LogP contribution in [0.1, 0.15) is 13.8 Å². The Morgan fingerprint density at radius 2 is 1.23 bits per heavy atom. The van der Waals surface area contributed by atoms with Crippen molar-refractivity contribution in [2.45, 2.75) is 13.8 Å². The van der Waals surface area contributed by atoms with Gasteiger partial charge in [-0.25, -0.2) is 0 Å². The normalized spacial score (nSPS) is 12.0. The highest BCUT2D eigenvalue weighted by Crippen LogP contribution is 2.06. The molecule has 0 rings (SSSR count). The van der Waals surface area contributed by atoms with E-state index in [9.17, 15) is 0 Å². The summed E-state index contributed by atoms with van der Waals surface area (Å²) >= 11 is 0. The predicted molar refractivity (Wildman–Crippen MR) is 52.8 cm³/mol. The standard InChI is InChI=1S/C8H20O4Si/c1-5-11-7-13(9-3,10-4)8-12-6-2/h5-8H2,1-4H3. The van der Waals surface area contributed by atoms with Crippen molar-refractivity contribution in [1.82, 2.24) is 0 Å². The summed E-state index contributed by atoms with van der Waals surface area (Å²) < 4.78 is 21.3. The second-order valence-corrected chi connectivity index (χ2v) is 5.81. The quantitative estimate of drug-likeness (QED) is 0.555. The van der Waals surface area contributed by atoms with Gasteiger partial charge in [0.2, 0.25) is 0 Å². The molecule has 80 valence electrons. The van der Waals surface area contributed by atoms with Gasteiger partial charge in [-0.1, -0.05) is 0 Å². The molecule has 0 aromatic rings. The summed E-state index contributed by atoms with van der Waals surface area (Å²) in [6.07, 6.45) is 1.05. The third-order valence-corrected chi connectivity index (χ3v) is 4.57. The first-order valence-corrected chi connectivity index (χ1v) is 6.73. The van der Waals surface area contributed by atoms with Gasteiger partial charge < -0.3 is 18.3 Å². The van der Waals surface area contributed by atoms with Crippen LogP contribution in [0.5, 0.6) is 0 Å². The number of hydrogen-bond donors (Lipinski definition) is 0. The summed E-state index contributed by atoms with van der Waals surface area (Å²) in [7, 11) is 1.06. The van der Waals surface area contributed by atoms with Gasteiger partial charge in [0.15, 0.2) is 0 Å². The molecule has 0 aromatic heterocycles. The van der Waals surface area contributed by atoms with Gasteiger partial charge >= 0.3 is 8.56 Å². The molecule has 4 nitrogen and oxygen atoms in total. The van der Waals surface area contributed by atoms with E-state index in [4.69, 9.17) is 18.3 Å². The molecule has 0 fully saturated rings. The molecule has 0 unspecified atom stereocenters. The fourth-order valence-electron chi connectivity index (χ4n) is 0.876. The van der Waals surface area contributed by atoms with Gasteiger partial charge in [0.05, 0.1) is 12.5 Å². The molecule has 0 atom stereocenters. The lowest BCUT2D eigenvalue weighted by Gasteiger charge is -2.26. The van der Waals surface area contributed by atoms with Gasteiger partial charge in [0.1, 0.15) is 0 Å². The summed E-state index contributed by atoms with van der Waals surface area (Å²) in [4.78, 5) is 0. The van der Waals surface area contributed by atoms with Crippen LogP contribution < -0.4 is 0 Å². The van der Waals surface area contributed by atoms with E-state index in [1.165, 1.54) is 0 Å². The fraction of sp³-hybridized carbons (Fsp3) is 1.00. The molecule has 13 heavy (non-hydrogen) atoms. The molecule has 0 saturated carbocycles. The Balaban J connectivity index is 3.97. The molecule has 0 bridgehead atoms. The molecular weight excluding hydrogens is 188 g/mol. The topological polar surface area (TPSA) is 36.9 Å². The zero-order chi connectivity index (χ0) is 10.2. The molecular formula is C8H20O4Si. The van der Waals surface area contributed by atoms with E-state index in [0.29, 0.717) is 25.7 Å². The van der Waals surface area contributed by atoms with Crippen LogP contribution in [0.15, 0.2) is 0 Å². The monoisotopic (exact) mass is 208 g/mol. The van der Waals surface area contributed by atoms with Crippen molar-refractivity contribution in [2.24, 2.45) is 0 Å². The van der Waals surface area contributed by atoms with E-state index in [-0.39, 0.29) is 0 Å². The Hall–Kier alpha value is 0.0569. The Labute approximate surface area is 81.4 Å². The first-order valence-electron chi connectivity index (χ1n) is 4.50. The minimum absolute atomic E-state index is 0.524. The summed E-state index contributed by atoms with van der Waals surface area (Å²) in [5.41, 5.74) is 0. The Morgan fingerprint density at radius 1 is 0.846 bits per heavy atom. The largest absolute Gasteiger partial charge is 0.395 e. The van der Waals surface area contributed by atoms with E-state index in [1.807, 2.05) is 13.8 Å². The predicted octanol–water partition coefficient (Wildman–Crippen LogP) is 0.873. The van der Waals surface area contributed by atoms with Crippen LogP contribution in [0.25, 0.3) is 0 Å². The van der Waals surface area contributed by atoms with Crippen LogP contribution >= 0.6 is 0 Å². The second-order valence-electron chi connectivity index (χ2n) is 2.59. The SMILES string of the molecule is CCOC[Si](COCC)(OC)OC.